The van der Waals surface area contributed by atoms with Gasteiger partial charge in [-0.1, -0.05) is 109 Å². The van der Waals surface area contributed by atoms with Crippen molar-refractivity contribution in [1.82, 2.24) is 15.5 Å². The van der Waals surface area contributed by atoms with Crippen molar-refractivity contribution >= 4 is 0 Å². The lowest BCUT2D eigenvalue weighted by Gasteiger charge is -2.36. The molecule has 3 saturated heterocycles. The summed E-state index contributed by atoms with van der Waals surface area (Å²) in [7, 11) is 0. The molecule has 4 rings (SSSR count). The van der Waals surface area contributed by atoms with Crippen molar-refractivity contribution in [1.29, 1.82) is 0 Å². The van der Waals surface area contributed by atoms with Crippen LogP contribution >= 0.6 is 0 Å². The van der Waals surface area contributed by atoms with E-state index in [1.165, 1.54) is 167 Å². The molecule has 4 aliphatic heterocycles. The van der Waals surface area contributed by atoms with E-state index in [9.17, 15) is 0 Å². The second-order valence-corrected chi connectivity index (χ2v) is 16.1. The van der Waals surface area contributed by atoms with Crippen LogP contribution in [0, 0.1) is 17.8 Å². The molecule has 0 bridgehead atoms. The Morgan fingerprint density at radius 2 is 1.07 bits per heavy atom. The maximum Gasteiger partial charge on any atom is 0.0196 e. The van der Waals surface area contributed by atoms with E-state index >= 15 is 0 Å². The second kappa shape index (κ2) is 20.0. The van der Waals surface area contributed by atoms with Gasteiger partial charge in [0.05, 0.1) is 0 Å². The average molecular weight is 598 g/mol. The number of hydrogen-bond donors (Lipinski definition) is 2. The first-order chi connectivity index (χ1) is 21.0. The van der Waals surface area contributed by atoms with Gasteiger partial charge in [0, 0.05) is 36.8 Å². The second-order valence-electron chi connectivity index (χ2n) is 16.1. The molecule has 0 aromatic rings. The van der Waals surface area contributed by atoms with Gasteiger partial charge in [0.2, 0.25) is 0 Å². The molecule has 0 saturated carbocycles. The van der Waals surface area contributed by atoms with Crippen LogP contribution in [0.15, 0.2) is 11.6 Å². The van der Waals surface area contributed by atoms with Gasteiger partial charge in [0.1, 0.15) is 0 Å². The molecule has 3 fully saturated rings. The molecule has 0 aromatic heterocycles. The van der Waals surface area contributed by atoms with E-state index in [1.807, 2.05) is 0 Å². The van der Waals surface area contributed by atoms with Crippen molar-refractivity contribution in [3.05, 3.63) is 11.6 Å². The summed E-state index contributed by atoms with van der Waals surface area (Å²) in [5, 5.41) is 7.72. The van der Waals surface area contributed by atoms with Crippen molar-refractivity contribution in [3.8, 4) is 0 Å². The molecule has 250 valence electrons. The number of nitrogens with zero attached hydrogens (tertiary/aromatic N) is 1. The van der Waals surface area contributed by atoms with Gasteiger partial charge in [-0.25, -0.2) is 0 Å². The Bertz CT molecular complexity index is 763. The topological polar surface area (TPSA) is 27.3 Å². The van der Waals surface area contributed by atoms with Crippen LogP contribution in [-0.2, 0) is 0 Å². The fourth-order valence-electron chi connectivity index (χ4n) is 9.10. The standard InChI is InChI=1S/C40H75N3/c1-32-25-27-38(41-34(32)3)22-17-13-9-5-7-11-15-20-36-30-37(40-24-19-29-43(40)31-36)21-16-12-8-6-10-14-18-23-39-28-26-33(2)35(4)42-39/h30,32-35,37-42H,5-29,31H2,1-4H3. The minimum atomic E-state index is 0.719. The van der Waals surface area contributed by atoms with Crippen LogP contribution in [0.25, 0.3) is 0 Å². The number of fused-ring (bicyclic) bond motifs is 1. The predicted octanol–water partition coefficient (Wildman–Crippen LogP) is 10.6. The minimum absolute atomic E-state index is 0.719. The van der Waals surface area contributed by atoms with Crippen molar-refractivity contribution in [3.63, 3.8) is 0 Å². The molecule has 43 heavy (non-hydrogen) atoms. The molecule has 0 spiro atoms. The predicted molar refractivity (Wildman–Crippen MR) is 189 cm³/mol. The van der Waals surface area contributed by atoms with Crippen molar-refractivity contribution in [2.75, 3.05) is 13.1 Å². The molecule has 0 aliphatic carbocycles. The first-order valence-electron chi connectivity index (χ1n) is 19.9. The van der Waals surface area contributed by atoms with Crippen LogP contribution in [0.5, 0.6) is 0 Å². The highest BCUT2D eigenvalue weighted by Crippen LogP contribution is 2.35. The summed E-state index contributed by atoms with van der Waals surface area (Å²) in [6.07, 6.45) is 37.2. The molecule has 8 atom stereocenters. The smallest absolute Gasteiger partial charge is 0.0196 e. The van der Waals surface area contributed by atoms with Gasteiger partial charge < -0.3 is 10.6 Å². The van der Waals surface area contributed by atoms with E-state index in [1.54, 1.807) is 5.57 Å². The average Bonchev–Trinajstić information content (AvgIpc) is 3.48. The van der Waals surface area contributed by atoms with Crippen molar-refractivity contribution in [2.45, 2.75) is 212 Å². The number of rotatable bonds is 20. The maximum absolute atomic E-state index is 3.86. The van der Waals surface area contributed by atoms with Crippen molar-refractivity contribution < 1.29 is 0 Å². The summed E-state index contributed by atoms with van der Waals surface area (Å²) in [5.41, 5.74) is 1.79. The first-order valence-corrected chi connectivity index (χ1v) is 19.9. The molecule has 2 N–H and O–H groups in total. The highest BCUT2D eigenvalue weighted by molar-refractivity contribution is 5.15. The number of hydrogen-bond acceptors (Lipinski definition) is 3. The molecule has 0 radical (unpaired) electrons. The van der Waals surface area contributed by atoms with Gasteiger partial charge in [-0.2, -0.15) is 0 Å². The molecule has 0 aromatic carbocycles. The van der Waals surface area contributed by atoms with E-state index in [0.29, 0.717) is 0 Å². The number of piperidine rings is 2. The van der Waals surface area contributed by atoms with Gasteiger partial charge >= 0.3 is 0 Å². The molecule has 0 amide bonds. The van der Waals surface area contributed by atoms with E-state index in [4.69, 9.17) is 0 Å². The van der Waals surface area contributed by atoms with E-state index in [2.05, 4.69) is 49.3 Å². The SMILES string of the molecule is CC1CCC(CCCCCCCCCC2=CC(CCCCCCCCCC3CCC(C)C(C)N3)C3CCCN3C2)NC1C. The minimum Gasteiger partial charge on any atom is -0.311 e. The van der Waals surface area contributed by atoms with Gasteiger partial charge in [-0.3, -0.25) is 4.90 Å². The zero-order valence-corrected chi connectivity index (χ0v) is 29.5. The maximum atomic E-state index is 3.86. The molecule has 4 heterocycles. The fourth-order valence-corrected chi connectivity index (χ4v) is 9.10. The molecule has 4 aliphatic rings. The third kappa shape index (κ3) is 12.7. The van der Waals surface area contributed by atoms with Crippen LogP contribution in [0.1, 0.15) is 182 Å². The van der Waals surface area contributed by atoms with Gasteiger partial charge in [-0.05, 0) is 109 Å². The highest BCUT2D eigenvalue weighted by Gasteiger charge is 2.34. The Labute approximate surface area is 269 Å². The van der Waals surface area contributed by atoms with Crippen LogP contribution in [0.3, 0.4) is 0 Å². The summed E-state index contributed by atoms with van der Waals surface area (Å²) in [4.78, 5) is 2.87. The summed E-state index contributed by atoms with van der Waals surface area (Å²) in [5.74, 6) is 2.57. The Kier molecular flexibility index (Phi) is 16.5. The molecule has 8 unspecified atom stereocenters. The van der Waals surface area contributed by atoms with Crippen LogP contribution in [0.2, 0.25) is 0 Å². The number of nitrogens with one attached hydrogen (secondary N) is 2. The Hall–Kier alpha value is -0.380. The van der Waals surface area contributed by atoms with Gasteiger partial charge in [-0.15, -0.1) is 0 Å². The zero-order chi connectivity index (χ0) is 30.3. The Morgan fingerprint density at radius 3 is 1.60 bits per heavy atom. The normalized spacial score (nSPS) is 33.4. The van der Waals surface area contributed by atoms with Gasteiger partial charge in [0.25, 0.3) is 0 Å². The summed E-state index contributed by atoms with van der Waals surface area (Å²) < 4.78 is 0. The molecule has 3 heteroatoms. The third-order valence-electron chi connectivity index (χ3n) is 12.6. The lowest BCUT2D eigenvalue weighted by Crippen LogP contribution is -2.44. The largest absolute Gasteiger partial charge is 0.311 e. The number of unbranched alkanes of at least 4 members (excludes halogenated alkanes) is 12. The lowest BCUT2D eigenvalue weighted by atomic mass is 9.85. The molecular weight excluding hydrogens is 522 g/mol. The molecular formula is C40H75N3. The lowest BCUT2D eigenvalue weighted by molar-refractivity contribution is 0.199. The first kappa shape index (κ1) is 35.5. The van der Waals surface area contributed by atoms with Crippen molar-refractivity contribution in [2.24, 2.45) is 17.8 Å². The van der Waals surface area contributed by atoms with Gasteiger partial charge in [0.15, 0.2) is 0 Å². The Balaban J connectivity index is 0.986. The third-order valence-corrected chi connectivity index (χ3v) is 12.6. The highest BCUT2D eigenvalue weighted by atomic mass is 15.2. The van der Waals surface area contributed by atoms with E-state index in [0.717, 1.165) is 48.0 Å². The van der Waals surface area contributed by atoms with Crippen LogP contribution < -0.4 is 10.6 Å². The zero-order valence-electron chi connectivity index (χ0n) is 29.5. The van der Waals surface area contributed by atoms with E-state index in [-0.39, 0.29) is 0 Å². The molecule has 3 nitrogen and oxygen atoms in total. The van der Waals surface area contributed by atoms with E-state index < -0.39 is 0 Å². The summed E-state index contributed by atoms with van der Waals surface area (Å²) >= 11 is 0. The fraction of sp³-hybridized carbons (Fsp3) is 0.950. The Morgan fingerprint density at radius 1 is 0.581 bits per heavy atom. The summed E-state index contributed by atoms with van der Waals surface area (Å²) in [6.45, 7) is 12.2. The van der Waals surface area contributed by atoms with Crippen LogP contribution in [-0.4, -0.2) is 48.2 Å². The monoisotopic (exact) mass is 598 g/mol. The quantitative estimate of drug-likeness (QED) is 0.108. The summed E-state index contributed by atoms with van der Waals surface area (Å²) in [6, 6.07) is 3.91. The van der Waals surface area contributed by atoms with Crippen LogP contribution in [0.4, 0.5) is 0 Å².